The van der Waals surface area contributed by atoms with Gasteiger partial charge in [-0.25, -0.2) is 0 Å². The van der Waals surface area contributed by atoms with Crippen molar-refractivity contribution in [3.63, 3.8) is 0 Å². The Bertz CT molecular complexity index is 3400. The van der Waals surface area contributed by atoms with Gasteiger partial charge < -0.3 is 98.5 Å². The second-order valence-electron chi connectivity index (χ2n) is 25.2. The summed E-state index contributed by atoms with van der Waals surface area (Å²) in [5, 5.41) is 18.0. The summed E-state index contributed by atoms with van der Waals surface area (Å²) >= 11 is 0. The summed E-state index contributed by atoms with van der Waals surface area (Å²) in [6, 6.07) is 12.5. The Hall–Kier alpha value is -8.68. The lowest BCUT2D eigenvalue weighted by Gasteiger charge is -2.24. The third-order valence-corrected chi connectivity index (χ3v) is 17.5. The zero-order valence-corrected chi connectivity index (χ0v) is 58.4. The highest BCUT2D eigenvalue weighted by atomic mass is 16.6. The summed E-state index contributed by atoms with van der Waals surface area (Å²) in [5.41, 5.74) is 6.05. The van der Waals surface area contributed by atoms with Gasteiger partial charge in [-0.2, -0.15) is 0 Å². The van der Waals surface area contributed by atoms with Crippen LogP contribution >= 0.6 is 0 Å². The molecule has 0 spiro atoms. The number of hydrogen-bond acceptors (Lipinski definition) is 22. The molecule has 4 unspecified atom stereocenters. The summed E-state index contributed by atoms with van der Waals surface area (Å²) < 4.78 is 67.9. The molecule has 0 saturated heterocycles. The van der Waals surface area contributed by atoms with Crippen LogP contribution in [0.3, 0.4) is 0 Å². The number of ether oxygens (including phenoxy) is 12. The molecule has 6 aliphatic rings. The Morgan fingerprint density at radius 2 is 1.02 bits per heavy atom. The van der Waals surface area contributed by atoms with E-state index in [1.807, 2.05) is 29.3 Å². The second kappa shape index (κ2) is 39.5. The van der Waals surface area contributed by atoms with Gasteiger partial charge in [-0.1, -0.05) is 26.0 Å². The van der Waals surface area contributed by atoms with E-state index in [9.17, 15) is 38.4 Å². The van der Waals surface area contributed by atoms with Crippen LogP contribution in [0.5, 0.6) is 23.0 Å². The number of benzene rings is 3. The molecule has 8 amide bonds. The van der Waals surface area contributed by atoms with Crippen LogP contribution in [0.25, 0.3) is 5.57 Å². The summed E-state index contributed by atoms with van der Waals surface area (Å²) in [7, 11) is 3.09. The van der Waals surface area contributed by atoms with Crippen molar-refractivity contribution in [1.82, 2.24) is 30.7 Å². The molecule has 29 nitrogen and oxygen atoms in total. The van der Waals surface area contributed by atoms with Crippen LogP contribution in [0.15, 0.2) is 78.7 Å². The van der Waals surface area contributed by atoms with Gasteiger partial charge in [0.15, 0.2) is 23.0 Å². The van der Waals surface area contributed by atoms with Crippen LogP contribution in [-0.2, 0) is 66.7 Å². The van der Waals surface area contributed by atoms with Crippen molar-refractivity contribution in [2.75, 3.05) is 175 Å². The minimum Gasteiger partial charge on any atom is -0.493 e. The minimum atomic E-state index is -0.929. The van der Waals surface area contributed by atoms with Gasteiger partial charge in [0.2, 0.25) is 23.6 Å². The number of carbonyl (C=O) groups is 8. The molecule has 1 saturated carbocycles. The Balaban J connectivity index is 0.569. The van der Waals surface area contributed by atoms with E-state index in [0.717, 1.165) is 22.5 Å². The zero-order chi connectivity index (χ0) is 71.5. The van der Waals surface area contributed by atoms with Crippen LogP contribution in [0.1, 0.15) is 92.0 Å². The minimum absolute atomic E-state index is 0.0191. The molecule has 9 rings (SSSR count). The zero-order valence-electron chi connectivity index (χ0n) is 58.4. The van der Waals surface area contributed by atoms with Gasteiger partial charge >= 0.3 is 0 Å². The van der Waals surface area contributed by atoms with Crippen LogP contribution in [0.4, 0.5) is 17.1 Å². The summed E-state index contributed by atoms with van der Waals surface area (Å²) in [6.07, 6.45) is 10.7. The maximum absolute atomic E-state index is 14.2. The lowest BCUT2D eigenvalue weighted by Crippen LogP contribution is -2.53. The van der Waals surface area contributed by atoms with Gasteiger partial charge in [-0.05, 0) is 85.4 Å². The molecule has 1 aliphatic carbocycles. The highest BCUT2D eigenvalue weighted by Gasteiger charge is 2.40. The van der Waals surface area contributed by atoms with Crippen LogP contribution < -0.4 is 50.8 Å². The molecular weight excluding hydrogens is 1310 g/mol. The summed E-state index contributed by atoms with van der Waals surface area (Å²) in [5.74, 6) is -0.414. The largest absolute Gasteiger partial charge is 0.493 e. The van der Waals surface area contributed by atoms with Gasteiger partial charge in [0.25, 0.3) is 23.6 Å². The quantitative estimate of drug-likeness (QED) is 0.0330. The normalized spacial score (nSPS) is 17.3. The number of fused-ring (bicyclic) bond motifs is 4. The van der Waals surface area contributed by atoms with Crippen molar-refractivity contribution < 1.29 is 95.2 Å². The smallest absolute Gasteiger partial charge is 0.260 e. The van der Waals surface area contributed by atoms with E-state index >= 15 is 0 Å². The van der Waals surface area contributed by atoms with Gasteiger partial charge in [-0.3, -0.25) is 43.3 Å². The number of amides is 8. The molecule has 5 aliphatic heterocycles. The Kier molecular flexibility index (Phi) is 29.9. The molecule has 0 aromatic heterocycles. The number of nitrogens with zero attached hydrogens (tertiary/aromatic N) is 3. The predicted molar refractivity (Wildman–Crippen MR) is 371 cm³/mol. The first-order chi connectivity index (χ1) is 49.1. The number of anilines is 3. The first-order valence-electron chi connectivity index (χ1n) is 34.8. The van der Waals surface area contributed by atoms with Crippen molar-refractivity contribution in [3.8, 4) is 23.0 Å². The molecular formula is C72H97N9O20. The topological polar surface area (TPSA) is 329 Å². The maximum atomic E-state index is 14.2. The van der Waals surface area contributed by atoms with Crippen molar-refractivity contribution >= 4 is 69.9 Å². The fourth-order valence-corrected chi connectivity index (χ4v) is 11.8. The molecule has 5 heterocycles. The van der Waals surface area contributed by atoms with Gasteiger partial charge in [0, 0.05) is 87.8 Å². The van der Waals surface area contributed by atoms with E-state index < -0.39 is 35.7 Å². The molecule has 4 atom stereocenters. The van der Waals surface area contributed by atoms with Crippen molar-refractivity contribution in [2.24, 2.45) is 11.8 Å². The van der Waals surface area contributed by atoms with Crippen molar-refractivity contribution in [1.29, 1.82) is 0 Å². The molecule has 101 heavy (non-hydrogen) atoms. The molecule has 3 aromatic carbocycles. The fraction of sp³-hybridized carbons (Fsp3) is 0.556. The van der Waals surface area contributed by atoms with E-state index in [2.05, 4.69) is 38.1 Å². The maximum Gasteiger partial charge on any atom is 0.260 e. The predicted octanol–water partition coefficient (Wildman–Crippen LogP) is 4.70. The van der Waals surface area contributed by atoms with E-state index in [-0.39, 0.29) is 74.2 Å². The summed E-state index contributed by atoms with van der Waals surface area (Å²) in [4.78, 5) is 107. The van der Waals surface area contributed by atoms with Gasteiger partial charge in [-0.15, -0.1) is 0 Å². The molecule has 0 bridgehead atoms. The second-order valence-corrected chi connectivity index (χ2v) is 25.2. The third kappa shape index (κ3) is 22.9. The number of methoxy groups -OCH3 is 2. The first-order valence-corrected chi connectivity index (χ1v) is 34.8. The monoisotopic (exact) mass is 1410 g/mol. The Labute approximate surface area is 588 Å². The number of carbonyl (C=O) groups excluding carboxylic acids is 8. The van der Waals surface area contributed by atoms with E-state index in [4.69, 9.17) is 56.8 Å². The number of rotatable bonds is 46. The van der Waals surface area contributed by atoms with Gasteiger partial charge in [0.1, 0.15) is 12.1 Å². The third-order valence-electron chi connectivity index (χ3n) is 17.5. The van der Waals surface area contributed by atoms with Crippen LogP contribution in [0.2, 0.25) is 0 Å². The number of imide groups is 1. The average Bonchev–Trinajstić information content (AvgIpc) is 1.65. The van der Waals surface area contributed by atoms with Crippen molar-refractivity contribution in [3.05, 3.63) is 95.3 Å². The molecule has 550 valence electrons. The highest BCUT2D eigenvalue weighted by Crippen LogP contribution is 2.45. The molecule has 29 heteroatoms. The lowest BCUT2D eigenvalue weighted by atomic mass is 10.0. The summed E-state index contributed by atoms with van der Waals surface area (Å²) in [6.45, 7) is 12.9. The van der Waals surface area contributed by atoms with Crippen molar-refractivity contribution in [2.45, 2.75) is 89.9 Å². The van der Waals surface area contributed by atoms with E-state index in [1.54, 1.807) is 63.1 Å². The lowest BCUT2D eigenvalue weighted by molar-refractivity contribution is -0.137. The molecule has 6 N–H and O–H groups in total. The fourth-order valence-electron chi connectivity index (χ4n) is 11.8. The number of hydrogen-bond donors (Lipinski definition) is 6. The van der Waals surface area contributed by atoms with Gasteiger partial charge in [0.05, 0.1) is 168 Å². The SMILES string of the molecule is COc1cc2c(cc1OCCCOc1cc3c(cc1OC)C(=O)N1C=C(C4CC4)CC1CN3)NCC1CC(c3ccc(NC(=O)C(C)NC(=O)C(NC(=O)CCOCCOCCOCCOCCOCCOCCOCCOCCNC(=O)CCN4C(=O)C=CC4=O)C(C)C)cc3)=CN1C2=O. The Morgan fingerprint density at radius 1 is 0.535 bits per heavy atom. The molecule has 1 fully saturated rings. The number of nitrogens with one attached hydrogen (secondary N) is 6. The first kappa shape index (κ1) is 76.5. The molecule has 0 radical (unpaired) electrons. The van der Waals surface area contributed by atoms with E-state index in [1.165, 1.54) is 37.7 Å². The molecule has 3 aromatic rings. The highest BCUT2D eigenvalue weighted by molar-refractivity contribution is 6.13. The van der Waals surface area contributed by atoms with Crippen LogP contribution in [0, 0.1) is 11.8 Å². The van der Waals surface area contributed by atoms with Crippen LogP contribution in [-0.4, -0.2) is 245 Å². The van der Waals surface area contributed by atoms with E-state index in [0.29, 0.717) is 195 Å². The standard InChI is InChI=1S/C72H97N9O20/c1-47(2)68(78-65(83)16-21-92-23-25-94-27-29-96-31-33-98-35-36-99-34-32-97-30-28-95-26-24-93-22-17-73-64(82)15-18-79-66(84)13-14-67(79)85)70(87)76-48(3)69(86)77-53-11-9-50(10-12-53)52-38-55-44-75-59-42-63(61(91-5)40-57(59)72(89)81(55)46-52)101-20-6-19-100-62-41-58-56(39-60(62)90-4)71(88)80-45-51(49-7-8-49)37-54(80)43-74-58/h9-14,39-42,45-49,54-55,68,74-75H,6-8,15-38,43-44H2,1-5H3,(H,73,82)(H,76,87)(H,77,86)(H,78,83). The Morgan fingerprint density at radius 3 is 1.51 bits per heavy atom. The average molecular weight is 1410 g/mol.